The summed E-state index contributed by atoms with van der Waals surface area (Å²) in [5, 5.41) is 0. The summed E-state index contributed by atoms with van der Waals surface area (Å²) >= 11 is 0. The van der Waals surface area contributed by atoms with Crippen molar-refractivity contribution in [2.45, 2.75) is 52.6 Å². The molecule has 1 aliphatic heterocycles. The molecule has 2 aromatic rings. The zero-order valence-corrected chi connectivity index (χ0v) is 19.0. The Hall–Kier alpha value is -3.22. The van der Waals surface area contributed by atoms with E-state index < -0.39 is 0 Å². The van der Waals surface area contributed by atoms with Crippen LogP contribution in [0.3, 0.4) is 0 Å². The highest BCUT2D eigenvalue weighted by Gasteiger charge is 2.23. The molecule has 0 N–H and O–H groups in total. The van der Waals surface area contributed by atoms with Gasteiger partial charge in [0.15, 0.2) is 11.5 Å². The van der Waals surface area contributed by atoms with E-state index in [1.54, 1.807) is 15.9 Å². The Balaban J connectivity index is 1.73. The van der Waals surface area contributed by atoms with Gasteiger partial charge in [0.2, 0.25) is 18.6 Å². The van der Waals surface area contributed by atoms with Crippen molar-refractivity contribution in [1.82, 2.24) is 9.80 Å². The van der Waals surface area contributed by atoms with Crippen LogP contribution in [0.1, 0.15) is 49.7 Å². The van der Waals surface area contributed by atoms with Gasteiger partial charge in [0.25, 0.3) is 0 Å². The molecule has 0 unspecified atom stereocenters. The van der Waals surface area contributed by atoms with Gasteiger partial charge < -0.3 is 23.7 Å². The Morgan fingerprint density at radius 1 is 1.03 bits per heavy atom. The van der Waals surface area contributed by atoms with Crippen LogP contribution < -0.4 is 9.47 Å². The topological polar surface area (TPSA) is 72.2 Å². The fourth-order valence-corrected chi connectivity index (χ4v) is 3.61. The first-order valence-electron chi connectivity index (χ1n) is 11.1. The number of hydrogen-bond acceptors (Lipinski definition) is 5. The number of fused-ring (bicyclic) bond motifs is 1. The number of furan rings is 1. The van der Waals surface area contributed by atoms with Crippen LogP contribution in [-0.4, -0.2) is 41.5 Å². The lowest BCUT2D eigenvalue weighted by Gasteiger charge is -2.27. The second-order valence-corrected chi connectivity index (χ2v) is 7.97. The molecule has 1 aliphatic rings. The Kier molecular flexibility index (Phi) is 8.36. The summed E-state index contributed by atoms with van der Waals surface area (Å²) in [5.41, 5.74) is 0.912. The minimum absolute atomic E-state index is 0.00121. The van der Waals surface area contributed by atoms with Gasteiger partial charge >= 0.3 is 0 Å². The SMILES string of the molecule is C=CCN(CC(=O)N(Cc1ccc2c(c1)OCO2)Cc1ccc(C)o1)C(=O)CCCCC. The first kappa shape index (κ1) is 23.4. The highest BCUT2D eigenvalue weighted by molar-refractivity contribution is 5.85. The van der Waals surface area contributed by atoms with Crippen molar-refractivity contribution in [3.8, 4) is 11.5 Å². The molecule has 0 fully saturated rings. The molecule has 2 heterocycles. The predicted molar refractivity (Wildman–Crippen MR) is 121 cm³/mol. The van der Waals surface area contributed by atoms with E-state index in [1.165, 1.54) is 0 Å². The number of benzene rings is 1. The van der Waals surface area contributed by atoms with E-state index >= 15 is 0 Å². The van der Waals surface area contributed by atoms with Crippen LogP contribution in [0, 0.1) is 6.92 Å². The maximum absolute atomic E-state index is 13.3. The number of nitrogens with zero attached hydrogens (tertiary/aromatic N) is 2. The Bertz CT molecular complexity index is 936. The third-order valence-corrected chi connectivity index (χ3v) is 5.33. The van der Waals surface area contributed by atoms with Crippen LogP contribution >= 0.6 is 0 Å². The van der Waals surface area contributed by atoms with Gasteiger partial charge in [-0.05, 0) is 43.2 Å². The molecule has 172 valence electrons. The molecule has 0 aliphatic carbocycles. The zero-order chi connectivity index (χ0) is 22.9. The summed E-state index contributed by atoms with van der Waals surface area (Å²) < 4.78 is 16.6. The smallest absolute Gasteiger partial charge is 0.242 e. The standard InChI is InChI=1S/C25H32N2O5/c1-4-6-7-8-24(28)26(13-5-2)17-25(29)27(16-21-11-9-19(3)32-21)15-20-10-12-22-23(14-20)31-18-30-22/h5,9-12,14H,2,4,6-8,13,15-18H2,1,3H3. The van der Waals surface area contributed by atoms with Gasteiger partial charge in [-0.3, -0.25) is 9.59 Å². The first-order valence-corrected chi connectivity index (χ1v) is 11.1. The molecule has 0 saturated heterocycles. The normalized spacial score (nSPS) is 11.9. The van der Waals surface area contributed by atoms with Crippen molar-refractivity contribution >= 4 is 11.8 Å². The molecular weight excluding hydrogens is 408 g/mol. The van der Waals surface area contributed by atoms with E-state index in [9.17, 15) is 9.59 Å². The molecule has 1 aromatic heterocycles. The molecular formula is C25H32N2O5. The van der Waals surface area contributed by atoms with Gasteiger partial charge in [-0.15, -0.1) is 6.58 Å². The fourth-order valence-electron chi connectivity index (χ4n) is 3.61. The lowest BCUT2D eigenvalue weighted by Crippen LogP contribution is -2.42. The van der Waals surface area contributed by atoms with Crippen molar-refractivity contribution in [3.63, 3.8) is 0 Å². The number of rotatable bonds is 12. The summed E-state index contributed by atoms with van der Waals surface area (Å²) in [6.45, 7) is 8.93. The fraction of sp³-hybridized carbons (Fsp3) is 0.440. The van der Waals surface area contributed by atoms with Crippen LogP contribution in [0.4, 0.5) is 0 Å². The van der Waals surface area contributed by atoms with Crippen LogP contribution in [0.2, 0.25) is 0 Å². The second kappa shape index (κ2) is 11.4. The molecule has 1 aromatic carbocycles. The largest absolute Gasteiger partial charge is 0.464 e. The molecule has 2 amide bonds. The molecule has 0 atom stereocenters. The van der Waals surface area contributed by atoms with Crippen molar-refractivity contribution in [3.05, 3.63) is 60.1 Å². The van der Waals surface area contributed by atoms with Gasteiger partial charge in [0.1, 0.15) is 18.1 Å². The average molecular weight is 441 g/mol. The Morgan fingerprint density at radius 2 is 1.84 bits per heavy atom. The molecule has 32 heavy (non-hydrogen) atoms. The zero-order valence-electron chi connectivity index (χ0n) is 19.0. The summed E-state index contributed by atoms with van der Waals surface area (Å²) in [4.78, 5) is 29.3. The minimum Gasteiger partial charge on any atom is -0.464 e. The number of unbranched alkanes of at least 4 members (excludes halogenated alkanes) is 2. The summed E-state index contributed by atoms with van der Waals surface area (Å²) in [6, 6.07) is 9.39. The molecule has 7 heteroatoms. The molecule has 7 nitrogen and oxygen atoms in total. The van der Waals surface area contributed by atoms with Crippen molar-refractivity contribution in [2.24, 2.45) is 0 Å². The van der Waals surface area contributed by atoms with Crippen LogP contribution in [0.25, 0.3) is 0 Å². The van der Waals surface area contributed by atoms with Crippen LogP contribution in [-0.2, 0) is 22.7 Å². The summed E-state index contributed by atoms with van der Waals surface area (Å²) in [7, 11) is 0. The Labute approximate surface area is 189 Å². The minimum atomic E-state index is -0.151. The second-order valence-electron chi connectivity index (χ2n) is 7.97. The highest BCUT2D eigenvalue weighted by atomic mass is 16.7. The highest BCUT2D eigenvalue weighted by Crippen LogP contribution is 2.33. The molecule has 0 saturated carbocycles. The lowest BCUT2D eigenvalue weighted by atomic mass is 10.1. The van der Waals surface area contributed by atoms with Gasteiger partial charge in [-0.25, -0.2) is 0 Å². The number of amides is 2. The van der Waals surface area contributed by atoms with Gasteiger partial charge in [-0.2, -0.15) is 0 Å². The summed E-state index contributed by atoms with van der Waals surface area (Å²) in [5.74, 6) is 2.67. The van der Waals surface area contributed by atoms with E-state index in [0.29, 0.717) is 43.3 Å². The van der Waals surface area contributed by atoms with E-state index in [0.717, 1.165) is 30.6 Å². The summed E-state index contributed by atoms with van der Waals surface area (Å²) in [6.07, 6.45) is 4.95. The average Bonchev–Trinajstić information content (AvgIpc) is 3.41. The van der Waals surface area contributed by atoms with Gasteiger partial charge in [0, 0.05) is 19.5 Å². The quantitative estimate of drug-likeness (QED) is 0.360. The monoisotopic (exact) mass is 440 g/mol. The van der Waals surface area contributed by atoms with E-state index in [1.807, 2.05) is 37.3 Å². The maximum Gasteiger partial charge on any atom is 0.242 e. The maximum atomic E-state index is 13.3. The Morgan fingerprint density at radius 3 is 2.56 bits per heavy atom. The van der Waals surface area contributed by atoms with Crippen molar-refractivity contribution in [1.29, 1.82) is 0 Å². The third-order valence-electron chi connectivity index (χ3n) is 5.33. The molecule has 0 spiro atoms. The number of carbonyl (C=O) groups excluding carboxylic acids is 2. The van der Waals surface area contributed by atoms with Crippen molar-refractivity contribution < 1.29 is 23.5 Å². The molecule has 0 radical (unpaired) electrons. The van der Waals surface area contributed by atoms with Gasteiger partial charge in [-0.1, -0.05) is 31.9 Å². The van der Waals surface area contributed by atoms with E-state index in [-0.39, 0.29) is 25.2 Å². The molecule has 0 bridgehead atoms. The predicted octanol–water partition coefficient (Wildman–Crippen LogP) is 4.44. The molecule has 3 rings (SSSR count). The first-order chi connectivity index (χ1) is 15.5. The van der Waals surface area contributed by atoms with Crippen LogP contribution in [0.15, 0.2) is 47.4 Å². The van der Waals surface area contributed by atoms with Crippen molar-refractivity contribution in [2.75, 3.05) is 19.9 Å². The third kappa shape index (κ3) is 6.39. The van der Waals surface area contributed by atoms with E-state index in [2.05, 4.69) is 13.5 Å². The van der Waals surface area contributed by atoms with E-state index in [4.69, 9.17) is 13.9 Å². The number of aryl methyl sites for hydroxylation is 1. The van der Waals surface area contributed by atoms with Crippen LogP contribution in [0.5, 0.6) is 11.5 Å². The number of ether oxygens (including phenoxy) is 2. The van der Waals surface area contributed by atoms with Gasteiger partial charge in [0.05, 0.1) is 6.54 Å². The number of hydrogen-bond donors (Lipinski definition) is 0. The lowest BCUT2D eigenvalue weighted by molar-refractivity contribution is -0.141. The number of carbonyl (C=O) groups is 2.